The molecule has 7 unspecified atom stereocenters. The maximum atomic E-state index is 13.0. The minimum atomic E-state index is -1.58. The Labute approximate surface area is 554 Å². The Balaban J connectivity index is 1.87. The van der Waals surface area contributed by atoms with Crippen molar-refractivity contribution in [1.29, 1.82) is 0 Å². The topological polar surface area (TPSA) is 175 Å². The van der Waals surface area contributed by atoms with Crippen LogP contribution in [-0.2, 0) is 23.8 Å². The van der Waals surface area contributed by atoms with Crippen molar-refractivity contribution in [3.8, 4) is 0 Å². The molecule has 0 bridgehead atoms. The molecule has 11 nitrogen and oxygen atoms in total. The van der Waals surface area contributed by atoms with Gasteiger partial charge < -0.3 is 45.1 Å². The van der Waals surface area contributed by atoms with Crippen LogP contribution in [0, 0.1) is 0 Å². The van der Waals surface area contributed by atoms with E-state index in [0.29, 0.717) is 19.4 Å². The van der Waals surface area contributed by atoms with E-state index in [1.165, 1.54) is 276 Å². The van der Waals surface area contributed by atoms with Gasteiger partial charge in [-0.15, -0.1) is 0 Å². The molecule has 1 heterocycles. The van der Waals surface area contributed by atoms with Gasteiger partial charge in [0, 0.05) is 12.8 Å². The summed E-state index contributed by atoms with van der Waals surface area (Å²) in [5.74, 6) is -0.180. The third-order valence-electron chi connectivity index (χ3n) is 18.2. The molecule has 6 N–H and O–H groups in total. The Morgan fingerprint density at radius 1 is 0.433 bits per heavy atom. The van der Waals surface area contributed by atoms with Crippen molar-refractivity contribution in [3.05, 3.63) is 60.8 Å². The number of ether oxygens (including phenoxy) is 3. The van der Waals surface area contributed by atoms with Gasteiger partial charge in [0.1, 0.15) is 24.4 Å². The molecule has 0 aromatic rings. The van der Waals surface area contributed by atoms with Gasteiger partial charge in [-0.1, -0.05) is 331 Å². The highest BCUT2D eigenvalue weighted by Gasteiger charge is 2.44. The number of aliphatic hydroxyl groups is 5. The van der Waals surface area contributed by atoms with Gasteiger partial charge in [0.15, 0.2) is 6.29 Å². The summed E-state index contributed by atoms with van der Waals surface area (Å²) >= 11 is 0. The number of carbonyl (C=O) groups is 2. The smallest absolute Gasteiger partial charge is 0.305 e. The minimum absolute atomic E-state index is 0.0159. The summed E-state index contributed by atoms with van der Waals surface area (Å²) in [6, 6.07) is -0.832. The fourth-order valence-corrected chi connectivity index (χ4v) is 12.2. The molecule has 1 rings (SSSR count). The first-order chi connectivity index (χ1) is 44.2. The normalized spacial score (nSPS) is 18.0. The first-order valence-electron chi connectivity index (χ1n) is 38.5. The molecule has 0 radical (unpaired) electrons. The number of hydrogen-bond donors (Lipinski definition) is 6. The van der Waals surface area contributed by atoms with E-state index in [9.17, 15) is 35.1 Å². The highest BCUT2D eigenvalue weighted by Crippen LogP contribution is 2.24. The number of aliphatic hydroxyl groups excluding tert-OH is 5. The van der Waals surface area contributed by atoms with Crippen molar-refractivity contribution in [3.63, 3.8) is 0 Å². The number of allylic oxidation sites excluding steroid dienone is 9. The SMILES string of the molecule is C/C=C/CC/C=C/CC/C=C/C(O)C(COC1OC(CO)C(O)C(O)C1O)NC(=O)CCCCCCCCCCCCCCCCCCC/C=C\C/C=C\CCCCCCCCCCCCCCCOC(=O)CCCCCCCCCCCCCCCCCC. The summed E-state index contributed by atoms with van der Waals surface area (Å²) in [7, 11) is 0. The average molecular weight is 1270 g/mol. The van der Waals surface area contributed by atoms with E-state index in [1.54, 1.807) is 6.08 Å². The lowest BCUT2D eigenvalue weighted by molar-refractivity contribution is -0.302. The fourth-order valence-electron chi connectivity index (χ4n) is 12.2. The van der Waals surface area contributed by atoms with Crippen molar-refractivity contribution < 1.29 is 49.3 Å². The zero-order valence-electron chi connectivity index (χ0n) is 58.6. The Morgan fingerprint density at radius 3 is 1.22 bits per heavy atom. The lowest BCUT2D eigenvalue weighted by Gasteiger charge is -2.40. The minimum Gasteiger partial charge on any atom is -0.466 e. The van der Waals surface area contributed by atoms with E-state index in [1.807, 2.05) is 19.1 Å². The number of carbonyl (C=O) groups excluding carboxylic acids is 2. The van der Waals surface area contributed by atoms with Crippen LogP contribution in [0.3, 0.4) is 0 Å². The number of esters is 1. The van der Waals surface area contributed by atoms with Crippen molar-refractivity contribution in [2.45, 2.75) is 410 Å². The standard InChI is InChI=1S/C79H145NO10/c1-3-5-7-9-11-13-14-15-16-41-44-47-51-55-59-63-67-75(84)88-68-64-60-56-52-48-45-42-39-37-35-33-31-29-27-25-23-21-19-17-18-20-22-24-26-28-30-32-34-36-38-40-43-46-50-54-58-62-66-74(83)80-71(72(82)65-61-57-53-49-12-10-8-6-4-2)70-89-79-78(87)77(86)76(85)73(69-81)90-79/h4,6,12,17,19,23,25,49,61,65,71-73,76-79,81-82,85-87H,3,5,7-11,13-16,18,20-22,24,26-48,50-60,62-64,66-70H2,1-2H3,(H,80,83)/b6-4+,19-17-,25-23-,49-12+,65-61+. The molecule has 1 saturated heterocycles. The molecular weight excluding hydrogens is 1120 g/mol. The van der Waals surface area contributed by atoms with Gasteiger partial charge in [-0.25, -0.2) is 0 Å². The molecule has 0 saturated carbocycles. The molecule has 1 fully saturated rings. The first-order valence-corrected chi connectivity index (χ1v) is 38.5. The van der Waals surface area contributed by atoms with E-state index in [2.05, 4.69) is 54.8 Å². The van der Waals surface area contributed by atoms with Gasteiger partial charge in [-0.2, -0.15) is 0 Å². The maximum absolute atomic E-state index is 13.0. The summed E-state index contributed by atoms with van der Waals surface area (Å²) in [4.78, 5) is 25.1. The molecule has 1 aliphatic heterocycles. The number of hydrogen-bond acceptors (Lipinski definition) is 10. The second-order valence-electron chi connectivity index (χ2n) is 26.7. The Kier molecular flexibility index (Phi) is 64.3. The molecule has 0 aromatic heterocycles. The van der Waals surface area contributed by atoms with Crippen LogP contribution >= 0.6 is 0 Å². The lowest BCUT2D eigenvalue weighted by atomic mass is 9.99. The highest BCUT2D eigenvalue weighted by molar-refractivity contribution is 5.76. The largest absolute Gasteiger partial charge is 0.466 e. The molecule has 90 heavy (non-hydrogen) atoms. The van der Waals surface area contributed by atoms with Gasteiger partial charge >= 0.3 is 5.97 Å². The van der Waals surface area contributed by atoms with Crippen LogP contribution in [0.5, 0.6) is 0 Å². The van der Waals surface area contributed by atoms with Gasteiger partial charge in [-0.3, -0.25) is 9.59 Å². The van der Waals surface area contributed by atoms with Crippen LogP contribution in [0.1, 0.15) is 367 Å². The monoisotopic (exact) mass is 1270 g/mol. The van der Waals surface area contributed by atoms with Crippen LogP contribution in [0.25, 0.3) is 0 Å². The zero-order valence-corrected chi connectivity index (χ0v) is 58.6. The molecule has 0 aromatic carbocycles. The van der Waals surface area contributed by atoms with Crippen molar-refractivity contribution >= 4 is 11.9 Å². The number of amides is 1. The first kappa shape index (κ1) is 85.4. The van der Waals surface area contributed by atoms with Gasteiger partial charge in [0.2, 0.25) is 5.91 Å². The zero-order chi connectivity index (χ0) is 65.1. The molecule has 526 valence electrons. The summed E-state index contributed by atoms with van der Waals surface area (Å²) in [6.45, 7) is 4.13. The molecule has 1 aliphatic rings. The lowest BCUT2D eigenvalue weighted by Crippen LogP contribution is -2.60. The quantitative estimate of drug-likeness (QED) is 0.0195. The fraction of sp³-hybridized carbons (Fsp3) is 0.848. The average Bonchev–Trinajstić information content (AvgIpc) is 0.988. The number of nitrogens with one attached hydrogen (secondary N) is 1. The van der Waals surface area contributed by atoms with Crippen LogP contribution < -0.4 is 5.32 Å². The summed E-state index contributed by atoms with van der Waals surface area (Å²) in [5, 5.41) is 54.3. The predicted molar refractivity (Wildman–Crippen MR) is 380 cm³/mol. The van der Waals surface area contributed by atoms with E-state index in [4.69, 9.17) is 14.2 Å². The van der Waals surface area contributed by atoms with E-state index < -0.39 is 49.5 Å². The summed E-state index contributed by atoms with van der Waals surface area (Å²) in [6.07, 6.45) is 81.5. The van der Waals surface area contributed by atoms with E-state index in [0.717, 1.165) is 64.2 Å². The van der Waals surface area contributed by atoms with E-state index >= 15 is 0 Å². The van der Waals surface area contributed by atoms with Crippen molar-refractivity contribution in [2.75, 3.05) is 19.8 Å². The summed E-state index contributed by atoms with van der Waals surface area (Å²) < 4.78 is 16.7. The van der Waals surface area contributed by atoms with Gasteiger partial charge in [0.05, 0.1) is 32.0 Å². The molecule has 1 amide bonds. The van der Waals surface area contributed by atoms with Crippen molar-refractivity contribution in [2.24, 2.45) is 0 Å². The Hall–Kier alpha value is -2.64. The molecular formula is C79H145NO10. The number of rotatable bonds is 68. The van der Waals surface area contributed by atoms with Gasteiger partial charge in [-0.05, 0) is 84.0 Å². The van der Waals surface area contributed by atoms with Crippen LogP contribution in [0.4, 0.5) is 0 Å². The van der Waals surface area contributed by atoms with Crippen LogP contribution in [0.2, 0.25) is 0 Å². The highest BCUT2D eigenvalue weighted by atomic mass is 16.7. The molecule has 0 spiro atoms. The predicted octanol–water partition coefficient (Wildman–Crippen LogP) is 20.5. The molecule has 0 aliphatic carbocycles. The van der Waals surface area contributed by atoms with E-state index in [-0.39, 0.29) is 18.5 Å². The van der Waals surface area contributed by atoms with Crippen molar-refractivity contribution in [1.82, 2.24) is 5.32 Å². The van der Waals surface area contributed by atoms with Crippen LogP contribution in [0.15, 0.2) is 60.8 Å². The molecule has 11 heteroatoms. The third-order valence-corrected chi connectivity index (χ3v) is 18.2. The second kappa shape index (κ2) is 67.8. The maximum Gasteiger partial charge on any atom is 0.305 e. The Morgan fingerprint density at radius 2 is 0.800 bits per heavy atom. The third kappa shape index (κ3) is 55.8. The van der Waals surface area contributed by atoms with Gasteiger partial charge in [0.25, 0.3) is 0 Å². The molecule has 7 atom stereocenters. The Bertz CT molecular complexity index is 1680. The number of unbranched alkanes of at least 4 members (excludes halogenated alkanes) is 47. The van der Waals surface area contributed by atoms with Crippen LogP contribution in [-0.4, -0.2) is 100 Å². The summed E-state index contributed by atoms with van der Waals surface area (Å²) in [5.41, 5.74) is 0. The second-order valence-corrected chi connectivity index (χ2v) is 26.7.